The number of hydrogen-bond acceptors (Lipinski definition) is 4. The van der Waals surface area contributed by atoms with Crippen molar-refractivity contribution in [3.63, 3.8) is 0 Å². The number of rotatable bonds is 4. The summed E-state index contributed by atoms with van der Waals surface area (Å²) in [4.78, 5) is 28.9. The highest BCUT2D eigenvalue weighted by Gasteiger charge is 2.48. The van der Waals surface area contributed by atoms with Gasteiger partial charge in [0.25, 0.3) is 0 Å². The van der Waals surface area contributed by atoms with Crippen molar-refractivity contribution in [2.75, 3.05) is 12.0 Å². The maximum atomic E-state index is 13.5. The number of carbonyl (C=O) groups is 2. The number of ether oxygens (including phenoxy) is 1. The van der Waals surface area contributed by atoms with E-state index in [-0.39, 0.29) is 28.9 Å². The van der Waals surface area contributed by atoms with Crippen molar-refractivity contribution in [3.05, 3.63) is 71.4 Å². The van der Waals surface area contributed by atoms with Crippen molar-refractivity contribution in [1.82, 2.24) is 0 Å². The number of anilines is 1. The molecule has 2 atom stereocenters. The third-order valence-electron chi connectivity index (χ3n) is 6.32. The molecule has 156 valence electrons. The highest BCUT2D eigenvalue weighted by molar-refractivity contribution is 6.23. The van der Waals surface area contributed by atoms with E-state index in [0.717, 1.165) is 22.7 Å². The maximum Gasteiger partial charge on any atom is 0.173 e. The monoisotopic (exact) mass is 403 g/mol. The molecule has 0 spiro atoms. The summed E-state index contributed by atoms with van der Waals surface area (Å²) in [5.41, 5.74) is 3.18. The van der Waals surface area contributed by atoms with Crippen molar-refractivity contribution < 1.29 is 14.3 Å². The first-order valence-corrected chi connectivity index (χ1v) is 10.6. The molecule has 0 saturated carbocycles. The molecule has 4 heteroatoms. The SMILES string of the molecule is CC[C@@H]1C(=O)C2=C(CC(C)(C)CC2=O)N(c2ccc(OC)cc2)[C@@H]1c1ccccc1. The fourth-order valence-electron chi connectivity index (χ4n) is 4.95. The van der Waals surface area contributed by atoms with Crippen LogP contribution >= 0.6 is 0 Å². The second-order valence-corrected chi connectivity index (χ2v) is 9.07. The molecule has 2 aromatic carbocycles. The van der Waals surface area contributed by atoms with Crippen molar-refractivity contribution in [3.8, 4) is 5.75 Å². The zero-order valence-electron chi connectivity index (χ0n) is 18.1. The van der Waals surface area contributed by atoms with Crippen LogP contribution in [0.2, 0.25) is 0 Å². The predicted octanol–water partition coefficient (Wildman–Crippen LogP) is 5.50. The number of hydrogen-bond donors (Lipinski definition) is 0. The van der Waals surface area contributed by atoms with Crippen LogP contribution in [0.3, 0.4) is 0 Å². The van der Waals surface area contributed by atoms with Gasteiger partial charge in [-0.05, 0) is 48.1 Å². The molecule has 1 aliphatic heterocycles. The molecule has 1 heterocycles. The number of nitrogens with zero attached hydrogens (tertiary/aromatic N) is 1. The number of carbonyl (C=O) groups excluding carboxylic acids is 2. The van der Waals surface area contributed by atoms with E-state index in [2.05, 4.69) is 30.9 Å². The van der Waals surface area contributed by atoms with Crippen molar-refractivity contribution in [2.45, 2.75) is 46.1 Å². The fraction of sp³-hybridized carbons (Fsp3) is 0.385. The van der Waals surface area contributed by atoms with Gasteiger partial charge < -0.3 is 9.64 Å². The van der Waals surface area contributed by atoms with E-state index in [4.69, 9.17) is 4.74 Å². The van der Waals surface area contributed by atoms with E-state index in [1.165, 1.54) is 0 Å². The lowest BCUT2D eigenvalue weighted by Crippen LogP contribution is -2.47. The van der Waals surface area contributed by atoms with Gasteiger partial charge >= 0.3 is 0 Å². The molecule has 2 aliphatic rings. The normalized spacial score (nSPS) is 23.4. The Bertz CT molecular complexity index is 989. The summed E-state index contributed by atoms with van der Waals surface area (Å²) in [5.74, 6) is 0.504. The van der Waals surface area contributed by atoms with E-state index >= 15 is 0 Å². The Morgan fingerprint density at radius 3 is 2.27 bits per heavy atom. The first kappa shape index (κ1) is 20.4. The van der Waals surface area contributed by atoms with Crippen molar-refractivity contribution in [2.24, 2.45) is 11.3 Å². The summed E-state index contributed by atoms with van der Waals surface area (Å²) in [6.07, 6.45) is 1.80. The van der Waals surface area contributed by atoms with Crippen LogP contribution in [0.1, 0.15) is 51.6 Å². The predicted molar refractivity (Wildman–Crippen MR) is 118 cm³/mol. The molecule has 0 saturated heterocycles. The molecule has 1 aliphatic carbocycles. The lowest BCUT2D eigenvalue weighted by molar-refractivity contribution is -0.126. The summed E-state index contributed by atoms with van der Waals surface area (Å²) in [6.45, 7) is 6.25. The molecule has 0 amide bonds. The zero-order chi connectivity index (χ0) is 21.5. The van der Waals surface area contributed by atoms with Gasteiger partial charge in [0.15, 0.2) is 11.6 Å². The van der Waals surface area contributed by atoms with Gasteiger partial charge in [0.05, 0.1) is 18.7 Å². The third kappa shape index (κ3) is 3.45. The first-order chi connectivity index (χ1) is 14.4. The van der Waals surface area contributed by atoms with Crippen LogP contribution in [-0.4, -0.2) is 18.7 Å². The van der Waals surface area contributed by atoms with Gasteiger partial charge in [-0.15, -0.1) is 0 Å². The van der Waals surface area contributed by atoms with Crippen LogP contribution in [0.4, 0.5) is 5.69 Å². The van der Waals surface area contributed by atoms with Crippen LogP contribution in [0.15, 0.2) is 65.9 Å². The summed E-state index contributed by atoms with van der Waals surface area (Å²) in [5, 5.41) is 0. The van der Waals surface area contributed by atoms with Gasteiger partial charge in [0, 0.05) is 23.7 Å². The van der Waals surface area contributed by atoms with Crippen LogP contribution in [0.25, 0.3) is 0 Å². The second-order valence-electron chi connectivity index (χ2n) is 9.07. The summed E-state index contributed by atoms with van der Waals surface area (Å²) < 4.78 is 5.35. The molecular weight excluding hydrogens is 374 g/mol. The minimum absolute atomic E-state index is 0.00612. The number of ketones is 2. The van der Waals surface area contributed by atoms with Gasteiger partial charge in [-0.2, -0.15) is 0 Å². The number of methoxy groups -OCH3 is 1. The Kier molecular flexibility index (Phi) is 5.27. The quantitative estimate of drug-likeness (QED) is 0.633. The highest BCUT2D eigenvalue weighted by Crippen LogP contribution is 2.50. The van der Waals surface area contributed by atoms with Gasteiger partial charge in [-0.3, -0.25) is 9.59 Å². The Morgan fingerprint density at radius 1 is 1.00 bits per heavy atom. The van der Waals surface area contributed by atoms with Gasteiger partial charge in [-0.25, -0.2) is 0 Å². The van der Waals surface area contributed by atoms with Crippen LogP contribution in [0.5, 0.6) is 5.75 Å². The van der Waals surface area contributed by atoms with Gasteiger partial charge in [0.2, 0.25) is 0 Å². The Morgan fingerprint density at radius 2 is 1.67 bits per heavy atom. The van der Waals surface area contributed by atoms with Crippen molar-refractivity contribution in [1.29, 1.82) is 0 Å². The molecule has 4 nitrogen and oxygen atoms in total. The molecule has 0 bridgehead atoms. The van der Waals surface area contributed by atoms with E-state index in [0.29, 0.717) is 24.8 Å². The van der Waals surface area contributed by atoms with Crippen LogP contribution in [0, 0.1) is 11.3 Å². The molecule has 0 N–H and O–H groups in total. The highest BCUT2D eigenvalue weighted by atomic mass is 16.5. The standard InChI is InChI=1S/C26H29NO3/c1-5-20-24(17-9-7-6-8-10-17)27(18-11-13-19(30-4)14-12-18)21-15-26(2,3)16-22(28)23(21)25(20)29/h6-14,20,24H,5,15-16H2,1-4H3/t20-,24+/m0/s1. The topological polar surface area (TPSA) is 46.6 Å². The Hall–Kier alpha value is -2.88. The van der Waals surface area contributed by atoms with Gasteiger partial charge in [-0.1, -0.05) is 51.1 Å². The molecule has 0 aromatic heterocycles. The Balaban J connectivity index is 1.96. The number of Topliss-reactive ketones (excluding diaryl/α,β-unsaturated/α-hetero) is 2. The minimum atomic E-state index is -0.265. The number of benzene rings is 2. The van der Waals surface area contributed by atoms with E-state index < -0.39 is 0 Å². The summed E-state index contributed by atoms with van der Waals surface area (Å²) in [6, 6.07) is 18.0. The lowest BCUT2D eigenvalue weighted by Gasteiger charge is -2.48. The molecule has 0 radical (unpaired) electrons. The first-order valence-electron chi connectivity index (χ1n) is 10.6. The fourth-order valence-corrected chi connectivity index (χ4v) is 4.95. The lowest BCUT2D eigenvalue weighted by atomic mass is 9.69. The summed E-state index contributed by atoms with van der Waals surface area (Å²) in [7, 11) is 1.65. The van der Waals surface area contributed by atoms with Crippen LogP contribution < -0.4 is 9.64 Å². The smallest absolute Gasteiger partial charge is 0.173 e. The number of allylic oxidation sites excluding steroid dienone is 2. The molecule has 30 heavy (non-hydrogen) atoms. The minimum Gasteiger partial charge on any atom is -0.497 e. The van der Waals surface area contributed by atoms with Crippen LogP contribution in [-0.2, 0) is 9.59 Å². The Labute approximate surface area is 178 Å². The van der Waals surface area contributed by atoms with E-state index in [1.807, 2.05) is 49.4 Å². The maximum absolute atomic E-state index is 13.5. The van der Waals surface area contributed by atoms with E-state index in [9.17, 15) is 9.59 Å². The third-order valence-corrected chi connectivity index (χ3v) is 6.32. The zero-order valence-corrected chi connectivity index (χ0v) is 18.1. The van der Waals surface area contributed by atoms with Gasteiger partial charge in [0.1, 0.15) is 5.75 Å². The molecule has 2 aromatic rings. The van der Waals surface area contributed by atoms with E-state index in [1.54, 1.807) is 7.11 Å². The molecule has 0 fully saturated rings. The second kappa shape index (κ2) is 7.75. The molecular formula is C26H29NO3. The van der Waals surface area contributed by atoms with Crippen molar-refractivity contribution >= 4 is 17.3 Å². The average Bonchev–Trinajstić information content (AvgIpc) is 2.73. The largest absolute Gasteiger partial charge is 0.497 e. The molecule has 0 unspecified atom stereocenters. The molecule has 4 rings (SSSR count). The average molecular weight is 404 g/mol. The summed E-state index contributed by atoms with van der Waals surface area (Å²) >= 11 is 0.